The van der Waals surface area contributed by atoms with Crippen molar-refractivity contribution in [2.24, 2.45) is 5.92 Å². The van der Waals surface area contributed by atoms with Crippen molar-refractivity contribution in [3.63, 3.8) is 0 Å². The van der Waals surface area contributed by atoms with Crippen LogP contribution in [0.15, 0.2) is 72.9 Å². The van der Waals surface area contributed by atoms with E-state index in [0.29, 0.717) is 19.5 Å². The third-order valence-corrected chi connectivity index (χ3v) is 9.74. The molecule has 6 nitrogen and oxygen atoms in total. The normalized spacial score (nSPS) is 26.1. The number of halogens is 1. The summed E-state index contributed by atoms with van der Waals surface area (Å²) in [6.45, 7) is 2.98. The summed E-state index contributed by atoms with van der Waals surface area (Å²) < 4.78 is 48.6. The third-order valence-electron chi connectivity index (χ3n) is 8.52. The molecule has 2 heterocycles. The van der Waals surface area contributed by atoms with Crippen molar-refractivity contribution >= 4 is 20.9 Å². The number of fused-ring (bicyclic) bond motifs is 2. The van der Waals surface area contributed by atoms with E-state index in [9.17, 15) is 12.8 Å². The number of hydrogen-bond donors (Lipinski definition) is 0. The minimum absolute atomic E-state index is 0.102. The zero-order valence-electron chi connectivity index (χ0n) is 21.2. The van der Waals surface area contributed by atoms with Crippen LogP contribution in [0.4, 0.5) is 4.39 Å². The zero-order chi connectivity index (χ0) is 26.0. The fourth-order valence-corrected chi connectivity index (χ4v) is 7.68. The Morgan fingerprint density at radius 2 is 1.81 bits per heavy atom. The van der Waals surface area contributed by atoms with Gasteiger partial charge in [-0.3, -0.25) is 0 Å². The molecule has 1 aliphatic carbocycles. The number of sulfonamides is 1. The maximum Gasteiger partial charge on any atom is 0.211 e. The predicted molar refractivity (Wildman–Crippen MR) is 142 cm³/mol. The van der Waals surface area contributed by atoms with Crippen molar-refractivity contribution < 1.29 is 17.5 Å². The fourth-order valence-electron chi connectivity index (χ4n) is 6.76. The van der Waals surface area contributed by atoms with E-state index in [1.807, 2.05) is 29.1 Å². The van der Waals surface area contributed by atoms with Gasteiger partial charge in [0.1, 0.15) is 5.82 Å². The van der Waals surface area contributed by atoms with Gasteiger partial charge < -0.3 is 4.74 Å². The summed E-state index contributed by atoms with van der Waals surface area (Å²) in [5.41, 5.74) is 4.17. The molecule has 3 unspecified atom stereocenters. The van der Waals surface area contributed by atoms with Gasteiger partial charge in [-0.15, -0.1) is 0 Å². The Kier molecular flexibility index (Phi) is 5.56. The lowest BCUT2D eigenvalue weighted by Crippen LogP contribution is -2.38. The van der Waals surface area contributed by atoms with Crippen molar-refractivity contribution in [2.45, 2.75) is 30.8 Å². The van der Waals surface area contributed by atoms with Crippen molar-refractivity contribution in [1.82, 2.24) is 14.1 Å². The van der Waals surface area contributed by atoms with E-state index in [1.165, 1.54) is 18.4 Å². The second kappa shape index (κ2) is 8.48. The summed E-state index contributed by atoms with van der Waals surface area (Å²) in [5.74, 6) is -0.188. The maximum absolute atomic E-state index is 13.5. The quantitative estimate of drug-likeness (QED) is 0.375. The van der Waals surface area contributed by atoms with Crippen LogP contribution in [-0.4, -0.2) is 49.0 Å². The zero-order valence-corrected chi connectivity index (χ0v) is 22.0. The number of rotatable bonds is 5. The van der Waals surface area contributed by atoms with E-state index in [2.05, 4.69) is 36.3 Å². The number of methoxy groups -OCH3 is 1. The van der Waals surface area contributed by atoms with E-state index in [0.717, 1.165) is 39.7 Å². The van der Waals surface area contributed by atoms with Crippen LogP contribution >= 0.6 is 0 Å². The second-order valence-electron chi connectivity index (χ2n) is 10.6. The molecule has 0 amide bonds. The molecule has 192 valence electrons. The number of hydrogen-bond acceptors (Lipinski definition) is 4. The van der Waals surface area contributed by atoms with E-state index >= 15 is 0 Å². The average molecular weight is 520 g/mol. The summed E-state index contributed by atoms with van der Waals surface area (Å²) in [5, 5.41) is 5.56. The Balaban J connectivity index is 1.50. The molecule has 3 aromatic carbocycles. The first-order valence-corrected chi connectivity index (χ1v) is 14.3. The summed E-state index contributed by atoms with van der Waals surface area (Å²) >= 11 is 0. The predicted octanol–water partition coefficient (Wildman–Crippen LogP) is 4.94. The molecule has 0 N–H and O–H groups in total. The summed E-state index contributed by atoms with van der Waals surface area (Å²) in [6, 6.07) is 20.8. The lowest BCUT2D eigenvalue weighted by atomic mass is 9.72. The number of ether oxygens (including phenoxy) is 1. The minimum atomic E-state index is -3.34. The molecule has 4 aromatic rings. The lowest BCUT2D eigenvalue weighted by Gasteiger charge is -2.35. The molecule has 3 atom stereocenters. The van der Waals surface area contributed by atoms with E-state index in [4.69, 9.17) is 4.74 Å². The molecule has 0 bridgehead atoms. The second-order valence-corrected chi connectivity index (χ2v) is 12.6. The van der Waals surface area contributed by atoms with Crippen LogP contribution in [-0.2, 0) is 25.8 Å². The number of aromatic nitrogens is 2. The van der Waals surface area contributed by atoms with Crippen molar-refractivity contribution in [2.75, 3.05) is 26.5 Å². The Morgan fingerprint density at radius 3 is 2.49 bits per heavy atom. The van der Waals surface area contributed by atoms with Crippen LogP contribution in [0, 0.1) is 18.7 Å². The molecule has 6 rings (SSSR count). The van der Waals surface area contributed by atoms with Crippen LogP contribution in [0.1, 0.15) is 29.5 Å². The molecule has 0 radical (unpaired) electrons. The number of benzene rings is 3. The van der Waals surface area contributed by atoms with Gasteiger partial charge in [-0.1, -0.05) is 30.3 Å². The summed E-state index contributed by atoms with van der Waals surface area (Å²) in [6.07, 6.45) is 4.55. The highest BCUT2D eigenvalue weighted by molar-refractivity contribution is 7.88. The molecule has 0 spiro atoms. The molecule has 8 heteroatoms. The molecule has 1 saturated heterocycles. The highest BCUT2D eigenvalue weighted by atomic mass is 32.2. The highest BCUT2D eigenvalue weighted by Crippen LogP contribution is 2.60. The van der Waals surface area contributed by atoms with Crippen molar-refractivity contribution in [1.29, 1.82) is 0 Å². The summed E-state index contributed by atoms with van der Waals surface area (Å²) in [4.78, 5) is 0. The topological polar surface area (TPSA) is 64.4 Å². The molecule has 2 fully saturated rings. The minimum Gasteiger partial charge on any atom is -0.373 e. The van der Waals surface area contributed by atoms with Gasteiger partial charge in [-0.25, -0.2) is 21.8 Å². The summed E-state index contributed by atoms with van der Waals surface area (Å²) in [7, 11) is -1.58. The van der Waals surface area contributed by atoms with Crippen molar-refractivity contribution in [3.05, 3.63) is 95.4 Å². The molecular weight excluding hydrogens is 489 g/mol. The van der Waals surface area contributed by atoms with Gasteiger partial charge in [0, 0.05) is 31.0 Å². The average Bonchev–Trinajstić information content (AvgIpc) is 3.54. The van der Waals surface area contributed by atoms with Crippen LogP contribution in [0.2, 0.25) is 0 Å². The Bertz CT molecular complexity index is 1590. The monoisotopic (exact) mass is 519 g/mol. The molecular formula is C29H30FN3O3S. The van der Waals surface area contributed by atoms with Crippen LogP contribution in [0.3, 0.4) is 0 Å². The van der Waals surface area contributed by atoms with Gasteiger partial charge in [0.15, 0.2) is 0 Å². The Labute approximate surface area is 216 Å². The SMILES string of the molecule is COC1(c2ccccc2)CC2CN(S(C)(=O)=O)CC2(c2cc3cnn(-c4ccc(F)cc4)c3cc2C)C1. The van der Waals surface area contributed by atoms with Crippen LogP contribution in [0.5, 0.6) is 0 Å². The van der Waals surface area contributed by atoms with Gasteiger partial charge in [0.2, 0.25) is 10.0 Å². The van der Waals surface area contributed by atoms with E-state index in [-0.39, 0.29) is 11.7 Å². The third kappa shape index (κ3) is 3.81. The van der Waals surface area contributed by atoms with Crippen molar-refractivity contribution in [3.8, 4) is 5.69 Å². The standard InChI is InChI=1S/C29H30FN3O3S/c1-20-13-27-21(16-31-33(27)25-11-9-24(30)10-12-25)14-26(20)28-18-29(36-2,22-7-5-4-6-8-22)15-23(28)17-32(19-28)37(3,34)35/h4-14,16,23H,15,17-19H2,1-3H3. The highest BCUT2D eigenvalue weighted by Gasteiger charge is 2.61. The number of aryl methyl sites for hydroxylation is 1. The van der Waals surface area contributed by atoms with E-state index < -0.39 is 21.0 Å². The van der Waals surface area contributed by atoms with Gasteiger partial charge >= 0.3 is 0 Å². The molecule has 1 saturated carbocycles. The largest absolute Gasteiger partial charge is 0.373 e. The molecule has 1 aromatic heterocycles. The molecule has 2 aliphatic rings. The van der Waals surface area contributed by atoms with E-state index in [1.54, 1.807) is 23.5 Å². The Hall–Kier alpha value is -3.07. The smallest absolute Gasteiger partial charge is 0.211 e. The lowest BCUT2D eigenvalue weighted by molar-refractivity contribution is -0.0183. The first kappa shape index (κ1) is 24.3. The number of nitrogens with zero attached hydrogens (tertiary/aromatic N) is 3. The first-order chi connectivity index (χ1) is 17.6. The van der Waals surface area contributed by atoms with Gasteiger partial charge in [-0.2, -0.15) is 5.10 Å². The van der Waals surface area contributed by atoms with Crippen LogP contribution < -0.4 is 0 Å². The first-order valence-electron chi connectivity index (χ1n) is 12.5. The Morgan fingerprint density at radius 1 is 1.08 bits per heavy atom. The van der Waals surface area contributed by atoms with Gasteiger partial charge in [-0.05, 0) is 78.8 Å². The maximum atomic E-state index is 13.5. The molecule has 37 heavy (non-hydrogen) atoms. The molecule has 1 aliphatic heterocycles. The van der Waals surface area contributed by atoms with Crippen LogP contribution in [0.25, 0.3) is 16.6 Å². The van der Waals surface area contributed by atoms with Gasteiger partial charge in [0.25, 0.3) is 0 Å². The van der Waals surface area contributed by atoms with Gasteiger partial charge in [0.05, 0.1) is 29.3 Å². The fraction of sp³-hybridized carbons (Fsp3) is 0.345.